The van der Waals surface area contributed by atoms with Crippen molar-refractivity contribution in [3.8, 4) is 0 Å². The fourth-order valence-electron chi connectivity index (χ4n) is 0.385. The van der Waals surface area contributed by atoms with E-state index in [1.165, 1.54) is 0 Å². The number of benzene rings is 1. The molecule has 0 N–H and O–H groups in total. The average Bonchev–Trinajstić information content (AvgIpc) is 1.72. The Morgan fingerprint density at radius 3 is 0.667 bits per heavy atom. The molecule has 1 rings (SSSR count). The van der Waals surface area contributed by atoms with Crippen LogP contribution in [0.4, 0.5) is 9.41 Å². The second-order valence-electron chi connectivity index (χ2n) is 1.15. The smallest absolute Gasteiger partial charge is 0.0623 e. The van der Waals surface area contributed by atoms with E-state index in [2.05, 4.69) is 0 Å². The third-order valence-electron chi connectivity index (χ3n) is 0.667. The molecule has 0 nitrogen and oxygen atoms in total. The molecule has 0 aromatic heterocycles. The van der Waals surface area contributed by atoms with E-state index in [1.807, 2.05) is 36.4 Å². The number of halogens is 2. The highest BCUT2D eigenvalue weighted by Crippen LogP contribution is 1.79. The SMILES string of the molecule is C.F.F.c1ccccc1. The van der Waals surface area contributed by atoms with Gasteiger partial charge < -0.3 is 0 Å². The second-order valence-corrected chi connectivity index (χ2v) is 1.15. The fraction of sp³-hybridized carbons (Fsp3) is 0.143. The molecule has 0 unspecified atom stereocenters. The molecular weight excluding hydrogens is 122 g/mol. The summed E-state index contributed by atoms with van der Waals surface area (Å²) in [5, 5.41) is 0. The van der Waals surface area contributed by atoms with E-state index in [0.29, 0.717) is 0 Å². The van der Waals surface area contributed by atoms with Crippen LogP contribution in [0.5, 0.6) is 0 Å². The maximum absolute atomic E-state index is 2.00. The third kappa shape index (κ3) is 7.08. The van der Waals surface area contributed by atoms with Crippen LogP contribution in [0.3, 0.4) is 0 Å². The van der Waals surface area contributed by atoms with Gasteiger partial charge in [0.2, 0.25) is 0 Å². The zero-order valence-corrected chi connectivity index (χ0v) is 4.28. The molecule has 0 atom stereocenters. The van der Waals surface area contributed by atoms with Crippen LogP contribution in [0, 0.1) is 0 Å². The molecule has 0 bridgehead atoms. The van der Waals surface area contributed by atoms with Crippen molar-refractivity contribution in [2.45, 2.75) is 7.43 Å². The number of hydrogen-bond donors (Lipinski definition) is 0. The molecule has 0 saturated heterocycles. The van der Waals surface area contributed by atoms with Crippen LogP contribution in [0.2, 0.25) is 0 Å². The van der Waals surface area contributed by atoms with Crippen molar-refractivity contribution in [1.29, 1.82) is 0 Å². The Labute approximate surface area is 54.3 Å². The summed E-state index contributed by atoms with van der Waals surface area (Å²) >= 11 is 0. The molecule has 0 aliphatic carbocycles. The molecule has 54 valence electrons. The van der Waals surface area contributed by atoms with Gasteiger partial charge in [-0.15, -0.1) is 0 Å². The van der Waals surface area contributed by atoms with Crippen LogP contribution in [-0.4, -0.2) is 0 Å². The summed E-state index contributed by atoms with van der Waals surface area (Å²) in [5.41, 5.74) is 0. The summed E-state index contributed by atoms with van der Waals surface area (Å²) in [7, 11) is 0. The standard InChI is InChI=1S/C6H6.CH4.2FH/c1-2-4-6-5-3-1;;;/h1-6H;1H4;2*1H. The van der Waals surface area contributed by atoms with E-state index >= 15 is 0 Å². The van der Waals surface area contributed by atoms with Crippen LogP contribution >= 0.6 is 0 Å². The van der Waals surface area contributed by atoms with Gasteiger partial charge in [-0.3, -0.25) is 9.41 Å². The molecule has 0 spiro atoms. The Morgan fingerprint density at radius 2 is 0.556 bits per heavy atom. The number of hydrogen-bond acceptors (Lipinski definition) is 0. The highest BCUT2D eigenvalue weighted by molar-refractivity contribution is 4.99. The van der Waals surface area contributed by atoms with Gasteiger partial charge in [0.25, 0.3) is 0 Å². The average molecular weight is 134 g/mol. The van der Waals surface area contributed by atoms with Crippen LogP contribution in [-0.2, 0) is 0 Å². The second kappa shape index (κ2) is 10.1. The van der Waals surface area contributed by atoms with Gasteiger partial charge in [0.1, 0.15) is 0 Å². The first kappa shape index (κ1) is 15.7. The van der Waals surface area contributed by atoms with Gasteiger partial charge in [0.15, 0.2) is 0 Å². The van der Waals surface area contributed by atoms with Gasteiger partial charge in [-0.05, 0) is 0 Å². The molecule has 0 aliphatic heterocycles. The first-order valence-electron chi connectivity index (χ1n) is 2.00. The van der Waals surface area contributed by atoms with Crippen molar-refractivity contribution in [3.05, 3.63) is 36.4 Å². The molecule has 0 amide bonds. The largest absolute Gasteiger partial charge is 0.269 e. The van der Waals surface area contributed by atoms with Crippen LogP contribution in [0.15, 0.2) is 36.4 Å². The van der Waals surface area contributed by atoms with Crippen molar-refractivity contribution in [2.75, 3.05) is 0 Å². The van der Waals surface area contributed by atoms with Gasteiger partial charge in [-0.25, -0.2) is 0 Å². The predicted molar refractivity (Wildman–Crippen MR) is 38.2 cm³/mol. The van der Waals surface area contributed by atoms with E-state index in [0.717, 1.165) is 0 Å². The van der Waals surface area contributed by atoms with Gasteiger partial charge in [0.05, 0.1) is 0 Å². The van der Waals surface area contributed by atoms with Gasteiger partial charge in [0, 0.05) is 0 Å². The molecule has 0 heterocycles. The topological polar surface area (TPSA) is 0 Å². The van der Waals surface area contributed by atoms with Gasteiger partial charge >= 0.3 is 0 Å². The van der Waals surface area contributed by atoms with Crippen molar-refractivity contribution < 1.29 is 9.41 Å². The molecule has 0 aliphatic rings. The van der Waals surface area contributed by atoms with Crippen molar-refractivity contribution >= 4 is 0 Å². The lowest BCUT2D eigenvalue weighted by molar-refractivity contribution is 1.11. The van der Waals surface area contributed by atoms with Crippen LogP contribution in [0.1, 0.15) is 7.43 Å². The lowest BCUT2D eigenvalue weighted by Crippen LogP contribution is -1.47. The summed E-state index contributed by atoms with van der Waals surface area (Å²) in [6.07, 6.45) is 0. The Morgan fingerprint density at radius 1 is 0.444 bits per heavy atom. The van der Waals surface area contributed by atoms with Crippen LogP contribution < -0.4 is 0 Å². The predicted octanol–water partition coefficient (Wildman–Crippen LogP) is 2.63. The summed E-state index contributed by atoms with van der Waals surface area (Å²) in [6.45, 7) is 0. The molecular formula is C7H12F2. The quantitative estimate of drug-likeness (QED) is 0.511. The Hall–Kier alpha value is -0.920. The minimum Gasteiger partial charge on any atom is -0.269 e. The number of rotatable bonds is 0. The van der Waals surface area contributed by atoms with E-state index in [4.69, 9.17) is 0 Å². The van der Waals surface area contributed by atoms with E-state index in [-0.39, 0.29) is 16.8 Å². The summed E-state index contributed by atoms with van der Waals surface area (Å²) < 4.78 is 0. The van der Waals surface area contributed by atoms with Crippen molar-refractivity contribution in [2.24, 2.45) is 0 Å². The molecule has 2 heteroatoms. The maximum atomic E-state index is 2.00. The highest BCUT2D eigenvalue weighted by atomic mass is 19.0. The molecule has 1 aromatic rings. The minimum absolute atomic E-state index is 0. The van der Waals surface area contributed by atoms with E-state index < -0.39 is 0 Å². The van der Waals surface area contributed by atoms with Crippen molar-refractivity contribution in [1.82, 2.24) is 0 Å². The normalized spacial score (nSPS) is 5.33. The highest BCUT2D eigenvalue weighted by Gasteiger charge is 1.57. The van der Waals surface area contributed by atoms with Gasteiger partial charge in [-0.2, -0.15) is 0 Å². The lowest BCUT2D eigenvalue weighted by atomic mass is 10.4. The van der Waals surface area contributed by atoms with E-state index in [9.17, 15) is 0 Å². The lowest BCUT2D eigenvalue weighted by Gasteiger charge is -1.69. The minimum atomic E-state index is 0. The molecule has 0 radical (unpaired) electrons. The summed E-state index contributed by atoms with van der Waals surface area (Å²) in [5.74, 6) is 0. The summed E-state index contributed by atoms with van der Waals surface area (Å²) in [6, 6.07) is 12.0. The maximum Gasteiger partial charge on any atom is -0.0623 e. The third-order valence-corrected chi connectivity index (χ3v) is 0.667. The zero-order chi connectivity index (χ0) is 4.24. The zero-order valence-electron chi connectivity index (χ0n) is 4.28. The Kier molecular flexibility index (Phi) is 17.7. The first-order valence-corrected chi connectivity index (χ1v) is 2.00. The van der Waals surface area contributed by atoms with Crippen molar-refractivity contribution in [3.63, 3.8) is 0 Å². The monoisotopic (exact) mass is 134 g/mol. The van der Waals surface area contributed by atoms with Crippen LogP contribution in [0.25, 0.3) is 0 Å². The Bertz CT molecular complexity index is 78.8. The molecule has 0 fully saturated rings. The molecule has 9 heavy (non-hydrogen) atoms. The molecule has 0 saturated carbocycles. The molecule has 1 aromatic carbocycles. The van der Waals surface area contributed by atoms with Gasteiger partial charge in [-0.1, -0.05) is 43.8 Å². The summed E-state index contributed by atoms with van der Waals surface area (Å²) in [4.78, 5) is 0. The van der Waals surface area contributed by atoms with E-state index in [1.54, 1.807) is 0 Å². The Balaban J connectivity index is -0.000000120. The first-order chi connectivity index (χ1) is 3.00. The fourth-order valence-corrected chi connectivity index (χ4v) is 0.385.